The molecule has 1 aromatic carbocycles. The Morgan fingerprint density at radius 3 is 2.56 bits per heavy atom. The molecule has 0 saturated carbocycles. The third-order valence-electron chi connectivity index (χ3n) is 2.44. The number of carbonyl (C=O) groups is 1. The van der Waals surface area contributed by atoms with Crippen molar-refractivity contribution in [1.82, 2.24) is 15.1 Å². The summed E-state index contributed by atoms with van der Waals surface area (Å²) in [7, 11) is 3.72. The fourth-order valence-electron chi connectivity index (χ4n) is 1.64. The van der Waals surface area contributed by atoms with Crippen LogP contribution in [0.2, 0.25) is 0 Å². The number of likely N-dealkylation sites (N-methyl/N-ethyl adjacent to an activating group) is 1. The molecule has 0 aliphatic carbocycles. The molecule has 0 saturated heterocycles. The lowest BCUT2D eigenvalue weighted by Crippen LogP contribution is -2.27. The Bertz CT molecular complexity index is 502. The predicted molar refractivity (Wildman–Crippen MR) is 71.2 cm³/mol. The second kappa shape index (κ2) is 5.46. The molecular weight excluding hydrogens is 228 g/mol. The number of aromatic amines is 1. The molecule has 0 fully saturated rings. The molecule has 0 bridgehead atoms. The maximum atomic E-state index is 11.6. The number of hydrogen-bond donors (Lipinski definition) is 2. The van der Waals surface area contributed by atoms with E-state index >= 15 is 0 Å². The van der Waals surface area contributed by atoms with Crippen molar-refractivity contribution in [3.8, 4) is 11.3 Å². The summed E-state index contributed by atoms with van der Waals surface area (Å²) in [6.45, 7) is 0.377. The van der Waals surface area contributed by atoms with Crippen molar-refractivity contribution in [1.29, 1.82) is 0 Å². The van der Waals surface area contributed by atoms with Crippen molar-refractivity contribution >= 4 is 11.6 Å². The number of anilines is 1. The molecule has 5 heteroatoms. The van der Waals surface area contributed by atoms with E-state index < -0.39 is 0 Å². The molecule has 1 heterocycles. The van der Waals surface area contributed by atoms with Gasteiger partial charge in [0.2, 0.25) is 5.91 Å². The first-order valence-electron chi connectivity index (χ1n) is 5.69. The average molecular weight is 244 g/mol. The van der Waals surface area contributed by atoms with Crippen LogP contribution in [0.3, 0.4) is 0 Å². The Labute approximate surface area is 106 Å². The first kappa shape index (κ1) is 12.3. The lowest BCUT2D eigenvalue weighted by atomic mass is 10.1. The molecule has 2 aromatic rings. The number of carbonyl (C=O) groups excluding carboxylic acids is 1. The van der Waals surface area contributed by atoms with Crippen LogP contribution in [-0.4, -0.2) is 41.6 Å². The van der Waals surface area contributed by atoms with Crippen molar-refractivity contribution in [3.05, 3.63) is 36.5 Å². The Kier molecular flexibility index (Phi) is 3.74. The summed E-state index contributed by atoms with van der Waals surface area (Å²) in [6, 6.07) is 9.55. The zero-order chi connectivity index (χ0) is 13.0. The molecule has 0 unspecified atom stereocenters. The molecule has 5 nitrogen and oxygen atoms in total. The van der Waals surface area contributed by atoms with Gasteiger partial charge in [-0.15, -0.1) is 0 Å². The molecule has 2 rings (SSSR count). The van der Waals surface area contributed by atoms with Crippen LogP contribution in [0.5, 0.6) is 0 Å². The van der Waals surface area contributed by atoms with E-state index in [0.29, 0.717) is 6.54 Å². The van der Waals surface area contributed by atoms with Gasteiger partial charge >= 0.3 is 0 Å². The highest BCUT2D eigenvalue weighted by molar-refractivity contribution is 5.92. The van der Waals surface area contributed by atoms with Gasteiger partial charge in [0.1, 0.15) is 0 Å². The maximum absolute atomic E-state index is 11.6. The molecule has 1 aromatic heterocycles. The van der Waals surface area contributed by atoms with E-state index in [1.807, 2.05) is 49.3 Å². The molecule has 18 heavy (non-hydrogen) atoms. The molecule has 0 aliphatic heterocycles. The summed E-state index contributed by atoms with van der Waals surface area (Å²) in [5.74, 6) is -0.0192. The molecule has 1 amide bonds. The maximum Gasteiger partial charge on any atom is 0.238 e. The molecule has 94 valence electrons. The topological polar surface area (TPSA) is 61.0 Å². The minimum absolute atomic E-state index is 0.0192. The van der Waals surface area contributed by atoms with Gasteiger partial charge in [-0.05, 0) is 37.9 Å². The van der Waals surface area contributed by atoms with Crippen LogP contribution in [-0.2, 0) is 4.79 Å². The molecule has 0 aliphatic rings. The number of aromatic nitrogens is 2. The Morgan fingerprint density at radius 1 is 1.28 bits per heavy atom. The van der Waals surface area contributed by atoms with E-state index in [0.717, 1.165) is 16.9 Å². The zero-order valence-electron chi connectivity index (χ0n) is 10.5. The Balaban J connectivity index is 2.02. The van der Waals surface area contributed by atoms with Crippen LogP contribution in [0.15, 0.2) is 36.5 Å². The standard InChI is InChI=1S/C13H16N4O/c1-17(2)9-13(18)15-11-5-3-10(4-6-11)12-7-8-14-16-12/h3-8H,9H2,1-2H3,(H,14,16)(H,15,18). The van der Waals surface area contributed by atoms with E-state index in [2.05, 4.69) is 15.5 Å². The van der Waals surface area contributed by atoms with Crippen LogP contribution in [0.25, 0.3) is 11.3 Å². The number of benzene rings is 1. The van der Waals surface area contributed by atoms with Gasteiger partial charge in [0.25, 0.3) is 0 Å². The van der Waals surface area contributed by atoms with E-state index in [-0.39, 0.29) is 5.91 Å². The quantitative estimate of drug-likeness (QED) is 0.858. The number of amides is 1. The second-order valence-corrected chi connectivity index (χ2v) is 4.33. The van der Waals surface area contributed by atoms with E-state index in [1.165, 1.54) is 0 Å². The van der Waals surface area contributed by atoms with E-state index in [4.69, 9.17) is 0 Å². The van der Waals surface area contributed by atoms with Crippen LogP contribution >= 0.6 is 0 Å². The first-order valence-corrected chi connectivity index (χ1v) is 5.69. The third-order valence-corrected chi connectivity index (χ3v) is 2.44. The summed E-state index contributed by atoms with van der Waals surface area (Å²) < 4.78 is 0. The minimum Gasteiger partial charge on any atom is -0.325 e. The van der Waals surface area contributed by atoms with Gasteiger partial charge in [-0.1, -0.05) is 12.1 Å². The van der Waals surface area contributed by atoms with Gasteiger partial charge in [-0.25, -0.2) is 0 Å². The lowest BCUT2D eigenvalue weighted by molar-refractivity contribution is -0.116. The molecule has 0 atom stereocenters. The third kappa shape index (κ3) is 3.18. The van der Waals surface area contributed by atoms with Crippen molar-refractivity contribution in [3.63, 3.8) is 0 Å². The number of nitrogens with zero attached hydrogens (tertiary/aromatic N) is 2. The van der Waals surface area contributed by atoms with Gasteiger partial charge in [0.15, 0.2) is 0 Å². The van der Waals surface area contributed by atoms with Crippen molar-refractivity contribution < 1.29 is 4.79 Å². The SMILES string of the molecule is CN(C)CC(=O)Nc1ccc(-c2ccn[nH]2)cc1. The monoisotopic (exact) mass is 244 g/mol. The van der Waals surface area contributed by atoms with Crippen LogP contribution in [0, 0.1) is 0 Å². The summed E-state index contributed by atoms with van der Waals surface area (Å²) in [5, 5.41) is 9.64. The predicted octanol–water partition coefficient (Wildman–Crippen LogP) is 1.58. The number of H-pyrrole nitrogens is 1. The summed E-state index contributed by atoms with van der Waals surface area (Å²) in [6.07, 6.45) is 1.71. The average Bonchev–Trinajstić information content (AvgIpc) is 2.82. The van der Waals surface area contributed by atoms with Crippen LogP contribution < -0.4 is 5.32 Å². The molecular formula is C13H16N4O. The highest BCUT2D eigenvalue weighted by Crippen LogP contribution is 2.18. The highest BCUT2D eigenvalue weighted by atomic mass is 16.2. The summed E-state index contributed by atoms with van der Waals surface area (Å²) in [4.78, 5) is 13.4. The largest absolute Gasteiger partial charge is 0.325 e. The zero-order valence-corrected chi connectivity index (χ0v) is 10.5. The van der Waals surface area contributed by atoms with Crippen LogP contribution in [0.1, 0.15) is 0 Å². The minimum atomic E-state index is -0.0192. The van der Waals surface area contributed by atoms with E-state index in [1.54, 1.807) is 6.20 Å². The smallest absolute Gasteiger partial charge is 0.238 e. The normalized spacial score (nSPS) is 10.6. The number of hydrogen-bond acceptors (Lipinski definition) is 3. The molecule has 0 spiro atoms. The summed E-state index contributed by atoms with van der Waals surface area (Å²) >= 11 is 0. The van der Waals surface area contributed by atoms with Gasteiger partial charge < -0.3 is 10.2 Å². The second-order valence-electron chi connectivity index (χ2n) is 4.33. The highest BCUT2D eigenvalue weighted by Gasteiger charge is 2.04. The van der Waals surface area contributed by atoms with Gasteiger partial charge in [0.05, 0.1) is 12.2 Å². The van der Waals surface area contributed by atoms with E-state index in [9.17, 15) is 4.79 Å². The van der Waals surface area contributed by atoms with Crippen molar-refractivity contribution in [2.24, 2.45) is 0 Å². The van der Waals surface area contributed by atoms with Crippen molar-refractivity contribution in [2.45, 2.75) is 0 Å². The Morgan fingerprint density at radius 2 is 2.00 bits per heavy atom. The number of rotatable bonds is 4. The fourth-order valence-corrected chi connectivity index (χ4v) is 1.64. The molecule has 0 radical (unpaired) electrons. The van der Waals surface area contributed by atoms with Gasteiger partial charge in [-0.2, -0.15) is 5.10 Å². The molecule has 2 N–H and O–H groups in total. The van der Waals surface area contributed by atoms with Gasteiger partial charge in [0, 0.05) is 11.9 Å². The van der Waals surface area contributed by atoms with Crippen molar-refractivity contribution in [2.75, 3.05) is 26.0 Å². The Hall–Kier alpha value is -2.14. The van der Waals surface area contributed by atoms with Crippen LogP contribution in [0.4, 0.5) is 5.69 Å². The van der Waals surface area contributed by atoms with Gasteiger partial charge in [-0.3, -0.25) is 9.89 Å². The fraction of sp³-hybridized carbons (Fsp3) is 0.231. The summed E-state index contributed by atoms with van der Waals surface area (Å²) in [5.41, 5.74) is 2.80. The first-order chi connectivity index (χ1) is 8.65. The lowest BCUT2D eigenvalue weighted by Gasteiger charge is -2.10. The number of nitrogens with one attached hydrogen (secondary N) is 2.